The Balaban J connectivity index is 1.34. The standard InChI is InChI=1S/C29H45Cl2N9O2S/c1-4-23-20-39(17-18-40(23)24-11-15-37(16-12-24)19-21-7-9-22(30)10-8-21)29-26(31)35-25(27(32)36-29)28(33)38(5-2)14-6-13-34-43(3,41)42/h7-10,23-24,33-34H,4-6,11-20H2,1-3H3,(H2,32,36)/t23-/m0/s1. The summed E-state index contributed by atoms with van der Waals surface area (Å²) < 4.78 is 25.1. The molecule has 0 amide bonds. The van der Waals surface area contributed by atoms with Gasteiger partial charge >= 0.3 is 0 Å². The highest BCUT2D eigenvalue weighted by atomic mass is 35.5. The first-order chi connectivity index (χ1) is 20.5. The fraction of sp³-hybridized carbons (Fsp3) is 0.621. The second kappa shape index (κ2) is 15.2. The van der Waals surface area contributed by atoms with Crippen molar-refractivity contribution in [2.45, 2.75) is 58.2 Å². The van der Waals surface area contributed by atoms with Crippen LogP contribution in [0, 0.1) is 5.41 Å². The molecule has 2 aliphatic rings. The summed E-state index contributed by atoms with van der Waals surface area (Å²) >= 11 is 12.7. The Morgan fingerprint density at radius 1 is 1.12 bits per heavy atom. The van der Waals surface area contributed by atoms with Crippen LogP contribution < -0.4 is 15.4 Å². The third kappa shape index (κ3) is 9.15. The van der Waals surface area contributed by atoms with Gasteiger partial charge in [-0.2, -0.15) is 0 Å². The lowest BCUT2D eigenvalue weighted by Crippen LogP contribution is -2.58. The smallest absolute Gasteiger partial charge is 0.208 e. The number of likely N-dealkylation sites (tertiary alicyclic amines) is 1. The zero-order valence-corrected chi connectivity index (χ0v) is 27.7. The molecule has 4 rings (SSSR count). The third-order valence-electron chi connectivity index (χ3n) is 8.40. The molecule has 0 radical (unpaired) electrons. The van der Waals surface area contributed by atoms with Crippen molar-refractivity contribution in [1.29, 1.82) is 5.41 Å². The highest BCUT2D eigenvalue weighted by Crippen LogP contribution is 2.30. The topological polar surface area (TPSA) is 135 Å². The summed E-state index contributed by atoms with van der Waals surface area (Å²) in [6.07, 6.45) is 4.97. The summed E-state index contributed by atoms with van der Waals surface area (Å²) in [6.45, 7) is 11.1. The summed E-state index contributed by atoms with van der Waals surface area (Å²) in [7, 11) is -3.25. The van der Waals surface area contributed by atoms with Gasteiger partial charge in [-0.05, 0) is 63.4 Å². The molecule has 2 aliphatic heterocycles. The highest BCUT2D eigenvalue weighted by molar-refractivity contribution is 7.88. The molecule has 0 spiro atoms. The van der Waals surface area contributed by atoms with Gasteiger partial charge in [0.2, 0.25) is 10.0 Å². The zero-order valence-electron chi connectivity index (χ0n) is 25.4. The maximum Gasteiger partial charge on any atom is 0.208 e. The summed E-state index contributed by atoms with van der Waals surface area (Å²) in [5.74, 6) is 0.853. The van der Waals surface area contributed by atoms with Crippen LogP contribution in [0.5, 0.6) is 0 Å². The fourth-order valence-electron chi connectivity index (χ4n) is 6.06. The molecule has 3 heterocycles. The number of amidine groups is 1. The molecule has 1 aromatic heterocycles. The molecule has 43 heavy (non-hydrogen) atoms. The Kier molecular flexibility index (Phi) is 11.9. The van der Waals surface area contributed by atoms with Gasteiger partial charge in [-0.3, -0.25) is 15.2 Å². The Labute approximate surface area is 266 Å². The Hall–Kier alpha value is -2.22. The largest absolute Gasteiger partial charge is 0.382 e. The SMILES string of the molecule is CC[C@H]1CN(c2nc(N)c(C(=N)N(CC)CCCNS(C)(=O)=O)nc2Cl)CCN1C1CCN(Cc2ccc(Cl)cc2)CC1. The number of aromatic nitrogens is 2. The minimum atomic E-state index is -3.25. The van der Waals surface area contributed by atoms with Crippen LogP contribution in [-0.2, 0) is 16.6 Å². The fourth-order valence-corrected chi connectivity index (χ4v) is 6.95. The minimum Gasteiger partial charge on any atom is -0.382 e. The number of nitrogens with two attached hydrogens (primary N) is 1. The number of halogens is 2. The average molecular weight is 655 g/mol. The van der Waals surface area contributed by atoms with Crippen LogP contribution in [0.3, 0.4) is 0 Å². The number of anilines is 2. The van der Waals surface area contributed by atoms with E-state index in [0.717, 1.165) is 69.8 Å². The summed E-state index contributed by atoms with van der Waals surface area (Å²) in [5, 5.41) is 9.71. The van der Waals surface area contributed by atoms with Gasteiger partial charge in [0.25, 0.3) is 0 Å². The Morgan fingerprint density at radius 3 is 2.44 bits per heavy atom. The number of nitrogen functional groups attached to an aromatic ring is 1. The maximum absolute atomic E-state index is 11.3. The monoisotopic (exact) mass is 653 g/mol. The van der Waals surface area contributed by atoms with E-state index in [1.54, 1.807) is 4.90 Å². The predicted molar refractivity (Wildman–Crippen MR) is 176 cm³/mol. The van der Waals surface area contributed by atoms with Crippen molar-refractivity contribution in [3.05, 3.63) is 45.7 Å². The van der Waals surface area contributed by atoms with E-state index in [-0.39, 0.29) is 29.0 Å². The van der Waals surface area contributed by atoms with Crippen LogP contribution in [-0.4, -0.2) is 110 Å². The maximum atomic E-state index is 11.3. The molecule has 1 atom stereocenters. The molecule has 238 valence electrons. The lowest BCUT2D eigenvalue weighted by molar-refractivity contribution is 0.0610. The molecule has 0 unspecified atom stereocenters. The van der Waals surface area contributed by atoms with Crippen molar-refractivity contribution in [2.24, 2.45) is 0 Å². The Bertz CT molecular complexity index is 1340. The van der Waals surface area contributed by atoms with Crippen molar-refractivity contribution in [2.75, 3.05) is 69.2 Å². The number of sulfonamides is 1. The number of rotatable bonds is 12. The molecule has 14 heteroatoms. The third-order valence-corrected chi connectivity index (χ3v) is 9.63. The van der Waals surface area contributed by atoms with Crippen LogP contribution in [0.4, 0.5) is 11.6 Å². The van der Waals surface area contributed by atoms with Crippen molar-refractivity contribution < 1.29 is 8.42 Å². The number of piperidine rings is 1. The van der Waals surface area contributed by atoms with E-state index in [2.05, 4.69) is 48.4 Å². The molecule has 2 fully saturated rings. The van der Waals surface area contributed by atoms with Crippen molar-refractivity contribution in [3.63, 3.8) is 0 Å². The van der Waals surface area contributed by atoms with Crippen LogP contribution in [0.2, 0.25) is 10.2 Å². The van der Waals surface area contributed by atoms with E-state index in [4.69, 9.17) is 34.3 Å². The van der Waals surface area contributed by atoms with Gasteiger partial charge < -0.3 is 15.5 Å². The number of nitrogens with zero attached hydrogens (tertiary/aromatic N) is 6. The average Bonchev–Trinajstić information content (AvgIpc) is 2.98. The van der Waals surface area contributed by atoms with Crippen LogP contribution >= 0.6 is 23.2 Å². The zero-order chi connectivity index (χ0) is 31.1. The molecule has 0 bridgehead atoms. The number of nitrogens with one attached hydrogen (secondary N) is 2. The molecule has 0 saturated carbocycles. The van der Waals surface area contributed by atoms with Crippen molar-refractivity contribution in [3.8, 4) is 0 Å². The lowest BCUT2D eigenvalue weighted by atomic mass is 9.98. The van der Waals surface area contributed by atoms with Crippen molar-refractivity contribution in [1.82, 2.24) is 29.4 Å². The van der Waals surface area contributed by atoms with Crippen LogP contribution in [0.25, 0.3) is 0 Å². The highest BCUT2D eigenvalue weighted by Gasteiger charge is 2.34. The molecule has 2 saturated heterocycles. The van der Waals surface area contributed by atoms with E-state index >= 15 is 0 Å². The van der Waals surface area contributed by atoms with Gasteiger partial charge in [0.1, 0.15) is 5.69 Å². The second-order valence-corrected chi connectivity index (χ2v) is 14.0. The Morgan fingerprint density at radius 2 is 1.81 bits per heavy atom. The minimum absolute atomic E-state index is 0.124. The van der Waals surface area contributed by atoms with E-state index < -0.39 is 10.0 Å². The number of hydrogen-bond acceptors (Lipinski definition) is 9. The second-order valence-electron chi connectivity index (χ2n) is 11.4. The molecule has 4 N–H and O–H groups in total. The molecule has 2 aromatic rings. The lowest BCUT2D eigenvalue weighted by Gasteiger charge is -2.47. The normalized spacial score (nSPS) is 19.1. The molecule has 0 aliphatic carbocycles. The quantitative estimate of drug-likeness (QED) is 0.179. The van der Waals surface area contributed by atoms with Gasteiger partial charge in [0.05, 0.1) is 6.26 Å². The molecule has 11 nitrogen and oxygen atoms in total. The number of piperazine rings is 1. The number of hydrogen-bond donors (Lipinski definition) is 3. The van der Waals surface area contributed by atoms with E-state index in [9.17, 15) is 8.42 Å². The summed E-state index contributed by atoms with van der Waals surface area (Å²) in [6, 6.07) is 9.06. The van der Waals surface area contributed by atoms with Crippen molar-refractivity contribution >= 4 is 50.7 Å². The number of benzene rings is 1. The van der Waals surface area contributed by atoms with Gasteiger partial charge in [0, 0.05) is 62.9 Å². The van der Waals surface area contributed by atoms with Gasteiger partial charge in [-0.25, -0.2) is 23.1 Å². The molecule has 1 aromatic carbocycles. The van der Waals surface area contributed by atoms with Crippen LogP contribution in [0.1, 0.15) is 50.8 Å². The molecular weight excluding hydrogens is 609 g/mol. The van der Waals surface area contributed by atoms with E-state index in [0.29, 0.717) is 37.4 Å². The first-order valence-electron chi connectivity index (χ1n) is 15.1. The van der Waals surface area contributed by atoms with Gasteiger partial charge in [-0.1, -0.05) is 42.3 Å². The predicted octanol–water partition coefficient (Wildman–Crippen LogP) is 3.52. The van der Waals surface area contributed by atoms with E-state index in [1.165, 1.54) is 5.56 Å². The van der Waals surface area contributed by atoms with Gasteiger partial charge in [0.15, 0.2) is 22.6 Å². The summed E-state index contributed by atoms with van der Waals surface area (Å²) in [4.78, 5) is 18.3. The summed E-state index contributed by atoms with van der Waals surface area (Å²) in [5.41, 5.74) is 7.88. The first kappa shape index (κ1) is 33.7. The van der Waals surface area contributed by atoms with Gasteiger partial charge in [-0.15, -0.1) is 0 Å². The van der Waals surface area contributed by atoms with Crippen LogP contribution in [0.15, 0.2) is 24.3 Å². The molecular formula is C29H45Cl2N9O2S. The first-order valence-corrected chi connectivity index (χ1v) is 17.7. The van der Waals surface area contributed by atoms with E-state index in [1.807, 2.05) is 19.1 Å².